The van der Waals surface area contributed by atoms with E-state index in [-0.39, 0.29) is 5.82 Å². The van der Waals surface area contributed by atoms with Crippen LogP contribution in [0.15, 0.2) is 66.8 Å². The largest absolute Gasteiger partial charge is 0.357 e. The molecule has 1 N–H and O–H groups in total. The smallest absolute Gasteiger partial charge is 0.134 e. The minimum absolute atomic E-state index is 0.223. The van der Waals surface area contributed by atoms with Gasteiger partial charge in [0, 0.05) is 25.0 Å². The van der Waals surface area contributed by atoms with Crippen molar-refractivity contribution in [1.82, 2.24) is 4.90 Å². The maximum atomic E-state index is 13.5. The van der Waals surface area contributed by atoms with Gasteiger partial charge in [0.05, 0.1) is 17.1 Å². The van der Waals surface area contributed by atoms with Crippen molar-refractivity contribution < 1.29 is 4.39 Å². The lowest BCUT2D eigenvalue weighted by molar-refractivity contribution is 0.601. The molecule has 21 heavy (non-hydrogen) atoms. The summed E-state index contributed by atoms with van der Waals surface area (Å²) in [6.07, 6.45) is 4.01. The highest BCUT2D eigenvalue weighted by Gasteiger charge is 2.29. The maximum absolute atomic E-state index is 13.5. The summed E-state index contributed by atoms with van der Waals surface area (Å²) in [5, 5.41) is 3.30. The van der Waals surface area contributed by atoms with Gasteiger partial charge in [0.25, 0.3) is 0 Å². The van der Waals surface area contributed by atoms with Crippen LogP contribution >= 0.6 is 0 Å². The molecule has 0 saturated heterocycles. The lowest BCUT2D eigenvalue weighted by atomic mass is 10.1. The van der Waals surface area contributed by atoms with E-state index in [1.807, 2.05) is 43.7 Å². The summed E-state index contributed by atoms with van der Waals surface area (Å²) in [6.45, 7) is 0. The minimum atomic E-state index is -0.223. The van der Waals surface area contributed by atoms with E-state index in [0.717, 1.165) is 28.5 Å². The fraction of sp³-hybridized carbons (Fsp3) is 0.0588. The van der Waals surface area contributed by atoms with Gasteiger partial charge in [-0.3, -0.25) is 4.90 Å². The zero-order valence-electron chi connectivity index (χ0n) is 11.5. The molecule has 2 heterocycles. The second-order valence-corrected chi connectivity index (χ2v) is 5.12. The molecule has 0 aliphatic carbocycles. The quantitative estimate of drug-likeness (QED) is 0.856. The van der Waals surface area contributed by atoms with E-state index >= 15 is 0 Å². The Hall–Kier alpha value is -2.75. The summed E-state index contributed by atoms with van der Waals surface area (Å²) in [5.74, 6) is 0.798. The lowest BCUT2D eigenvalue weighted by Crippen LogP contribution is -2.25. The Kier molecular flexibility index (Phi) is 2.51. The van der Waals surface area contributed by atoms with Crippen LogP contribution in [0.4, 0.5) is 15.8 Å². The Morgan fingerprint density at radius 3 is 2.76 bits per heavy atom. The van der Waals surface area contributed by atoms with Gasteiger partial charge in [0.2, 0.25) is 0 Å². The van der Waals surface area contributed by atoms with Crippen molar-refractivity contribution in [2.24, 2.45) is 0 Å². The second-order valence-electron chi connectivity index (χ2n) is 5.12. The van der Waals surface area contributed by atoms with Crippen LogP contribution in [-0.4, -0.2) is 11.9 Å². The predicted molar refractivity (Wildman–Crippen MR) is 82.8 cm³/mol. The molecule has 0 saturated carbocycles. The molecule has 0 radical (unpaired) electrons. The maximum Gasteiger partial charge on any atom is 0.134 e. The molecule has 3 nitrogen and oxygen atoms in total. The van der Waals surface area contributed by atoms with Gasteiger partial charge in [-0.05, 0) is 24.3 Å². The van der Waals surface area contributed by atoms with Crippen LogP contribution in [0.25, 0.3) is 5.70 Å². The number of hydrogen-bond acceptors (Lipinski definition) is 3. The van der Waals surface area contributed by atoms with E-state index in [9.17, 15) is 4.39 Å². The predicted octanol–water partition coefficient (Wildman–Crippen LogP) is 3.80. The van der Waals surface area contributed by atoms with Gasteiger partial charge < -0.3 is 10.2 Å². The van der Waals surface area contributed by atoms with Gasteiger partial charge in [-0.25, -0.2) is 4.39 Å². The molecular weight excluding hydrogens is 265 g/mol. The molecule has 104 valence electrons. The third-order valence-corrected chi connectivity index (χ3v) is 3.84. The van der Waals surface area contributed by atoms with Gasteiger partial charge in [0.15, 0.2) is 0 Å². The first-order valence-electron chi connectivity index (χ1n) is 6.80. The number of nitrogens with zero attached hydrogens (tertiary/aromatic N) is 2. The summed E-state index contributed by atoms with van der Waals surface area (Å²) >= 11 is 0. The first-order valence-corrected chi connectivity index (χ1v) is 6.80. The van der Waals surface area contributed by atoms with Crippen molar-refractivity contribution in [3.8, 4) is 0 Å². The third kappa shape index (κ3) is 1.80. The second kappa shape index (κ2) is 4.38. The first-order chi connectivity index (χ1) is 10.2. The molecule has 0 atom stereocenters. The van der Waals surface area contributed by atoms with E-state index in [0.29, 0.717) is 0 Å². The fourth-order valence-corrected chi connectivity index (χ4v) is 2.78. The zero-order chi connectivity index (χ0) is 14.4. The number of para-hydroxylation sites is 2. The number of rotatable bonds is 1. The lowest BCUT2D eigenvalue weighted by Gasteiger charge is -2.29. The van der Waals surface area contributed by atoms with Crippen LogP contribution in [0.1, 0.15) is 5.56 Å². The molecule has 0 fully saturated rings. The highest BCUT2D eigenvalue weighted by Crippen LogP contribution is 2.40. The third-order valence-electron chi connectivity index (χ3n) is 3.84. The summed E-state index contributed by atoms with van der Waals surface area (Å²) in [6, 6.07) is 14.8. The molecule has 2 aliphatic heterocycles. The van der Waals surface area contributed by atoms with Gasteiger partial charge >= 0.3 is 0 Å². The van der Waals surface area contributed by atoms with Crippen molar-refractivity contribution in [3.63, 3.8) is 0 Å². The van der Waals surface area contributed by atoms with Crippen LogP contribution in [0.2, 0.25) is 0 Å². The fourth-order valence-electron chi connectivity index (χ4n) is 2.78. The van der Waals surface area contributed by atoms with Crippen LogP contribution in [0.5, 0.6) is 0 Å². The summed E-state index contributed by atoms with van der Waals surface area (Å²) in [5.41, 5.74) is 3.99. The van der Waals surface area contributed by atoms with Gasteiger partial charge in [0.1, 0.15) is 11.6 Å². The Labute approximate surface area is 122 Å². The summed E-state index contributed by atoms with van der Waals surface area (Å²) in [4.78, 5) is 4.17. The van der Waals surface area contributed by atoms with Crippen LogP contribution in [-0.2, 0) is 0 Å². The van der Waals surface area contributed by atoms with Crippen molar-refractivity contribution in [2.75, 3.05) is 17.3 Å². The summed E-state index contributed by atoms with van der Waals surface area (Å²) < 4.78 is 13.5. The molecule has 4 heteroatoms. The van der Waals surface area contributed by atoms with E-state index in [1.165, 1.54) is 6.07 Å². The molecule has 2 aromatic rings. The zero-order valence-corrected chi connectivity index (χ0v) is 11.5. The van der Waals surface area contributed by atoms with Gasteiger partial charge in [-0.2, -0.15) is 0 Å². The van der Waals surface area contributed by atoms with Gasteiger partial charge in [-0.15, -0.1) is 0 Å². The highest BCUT2D eigenvalue weighted by molar-refractivity contribution is 5.84. The molecule has 2 aromatic carbocycles. The summed E-state index contributed by atoms with van der Waals surface area (Å²) in [7, 11) is 1.98. The van der Waals surface area contributed by atoms with Crippen molar-refractivity contribution >= 4 is 17.1 Å². The van der Waals surface area contributed by atoms with Crippen molar-refractivity contribution in [2.45, 2.75) is 0 Å². The molecule has 0 spiro atoms. The van der Waals surface area contributed by atoms with Gasteiger partial charge in [-0.1, -0.05) is 24.3 Å². The Morgan fingerprint density at radius 2 is 1.90 bits per heavy atom. The van der Waals surface area contributed by atoms with E-state index in [2.05, 4.69) is 21.2 Å². The number of halogens is 1. The first kappa shape index (κ1) is 12.0. The molecule has 0 amide bonds. The monoisotopic (exact) mass is 279 g/mol. The normalized spacial score (nSPS) is 15.9. The number of fused-ring (bicyclic) bond motifs is 3. The van der Waals surface area contributed by atoms with Crippen LogP contribution < -0.4 is 10.2 Å². The standard InChI is InChI=1S/C17H14FN3/c1-20-16(12-5-4-6-13(18)9-12)11-21-15-8-3-2-7-14(15)19-10-17(20)21/h2-11,19H,1H3. The SMILES string of the molecule is CN1C(c2cccc(F)c2)=CN2C1=CNc1ccccc12. The molecule has 4 rings (SSSR count). The van der Waals surface area contributed by atoms with Crippen molar-refractivity contribution in [3.05, 3.63) is 78.1 Å². The topological polar surface area (TPSA) is 18.5 Å². The van der Waals surface area contributed by atoms with E-state index in [4.69, 9.17) is 0 Å². The average Bonchev–Trinajstić information content (AvgIpc) is 2.85. The average molecular weight is 279 g/mol. The molecule has 0 unspecified atom stereocenters. The minimum Gasteiger partial charge on any atom is -0.357 e. The Bertz CT molecular complexity index is 779. The Balaban J connectivity index is 1.82. The number of hydrogen-bond donors (Lipinski definition) is 1. The molecule has 0 bridgehead atoms. The van der Waals surface area contributed by atoms with E-state index < -0.39 is 0 Å². The number of benzene rings is 2. The molecular formula is C17H14FN3. The Morgan fingerprint density at radius 1 is 1.05 bits per heavy atom. The number of nitrogens with one attached hydrogen (secondary N) is 1. The number of anilines is 2. The van der Waals surface area contributed by atoms with E-state index in [1.54, 1.807) is 12.1 Å². The van der Waals surface area contributed by atoms with Crippen molar-refractivity contribution in [1.29, 1.82) is 0 Å². The highest BCUT2D eigenvalue weighted by atomic mass is 19.1. The van der Waals surface area contributed by atoms with Crippen LogP contribution in [0.3, 0.4) is 0 Å². The molecule has 0 aromatic heterocycles. The molecule has 2 aliphatic rings. The van der Waals surface area contributed by atoms with Crippen LogP contribution in [0, 0.1) is 5.82 Å².